The van der Waals surface area contributed by atoms with Crippen molar-refractivity contribution < 1.29 is 4.79 Å². The number of hydrogen-bond donors (Lipinski definition) is 1. The largest absolute Gasteiger partial charge is 0.312 e. The van der Waals surface area contributed by atoms with E-state index in [2.05, 4.69) is 28.5 Å². The van der Waals surface area contributed by atoms with Crippen molar-refractivity contribution in [2.24, 2.45) is 0 Å². The highest BCUT2D eigenvalue weighted by atomic mass is 32.1. The normalized spacial score (nSPS) is 12.9. The summed E-state index contributed by atoms with van der Waals surface area (Å²) in [6.07, 6.45) is 6.28. The molecule has 0 radical (unpaired) electrons. The van der Waals surface area contributed by atoms with Gasteiger partial charge in [-0.2, -0.15) is 0 Å². The molecule has 0 aliphatic carbocycles. The number of nitrogens with one attached hydrogen (secondary N) is 1. The van der Waals surface area contributed by atoms with E-state index in [1.165, 1.54) is 20.9 Å². The van der Waals surface area contributed by atoms with Crippen LogP contribution in [0.15, 0.2) is 77.7 Å². The Balaban J connectivity index is 1.31. The van der Waals surface area contributed by atoms with E-state index >= 15 is 0 Å². The lowest BCUT2D eigenvalue weighted by atomic mass is 10.1. The Morgan fingerprint density at radius 3 is 2.56 bits per heavy atom. The summed E-state index contributed by atoms with van der Waals surface area (Å²) in [5, 5.41) is 3.41. The highest BCUT2D eigenvalue weighted by molar-refractivity contribution is 7.12. The molecule has 5 nitrogen and oxygen atoms in total. The van der Waals surface area contributed by atoms with E-state index in [0.717, 1.165) is 44.3 Å². The van der Waals surface area contributed by atoms with Crippen molar-refractivity contribution in [1.82, 2.24) is 14.9 Å². The zero-order chi connectivity index (χ0) is 24.7. The molecule has 184 valence electrons. The molecule has 1 aliphatic rings. The molecule has 1 N–H and O–H groups in total. The van der Waals surface area contributed by atoms with Gasteiger partial charge in [0.2, 0.25) is 0 Å². The molecular weight excluding hydrogens is 466 g/mol. The summed E-state index contributed by atoms with van der Waals surface area (Å²) in [7, 11) is 0. The molecule has 36 heavy (non-hydrogen) atoms. The van der Waals surface area contributed by atoms with Gasteiger partial charge in [0.1, 0.15) is 5.69 Å². The van der Waals surface area contributed by atoms with Crippen molar-refractivity contribution in [3.8, 4) is 11.3 Å². The molecule has 3 heterocycles. The predicted molar refractivity (Wildman–Crippen MR) is 145 cm³/mol. The van der Waals surface area contributed by atoms with Gasteiger partial charge in [0, 0.05) is 22.7 Å². The molecular formula is C30H31N3O2S. The Morgan fingerprint density at radius 1 is 1.00 bits per heavy atom. The number of carbonyl (C=O) groups excluding carboxylic acids is 1. The summed E-state index contributed by atoms with van der Waals surface area (Å²) >= 11 is 1.80. The van der Waals surface area contributed by atoms with E-state index in [1.807, 2.05) is 48.5 Å². The summed E-state index contributed by atoms with van der Waals surface area (Å²) in [6.45, 7) is 2.01. The number of hydrogen-bond acceptors (Lipinski definition) is 5. The molecule has 6 heteroatoms. The number of benzene rings is 2. The Bertz CT molecular complexity index is 1350. The van der Waals surface area contributed by atoms with Crippen LogP contribution in [0.25, 0.3) is 11.3 Å². The third-order valence-electron chi connectivity index (χ3n) is 6.71. The molecule has 1 aliphatic heterocycles. The zero-order valence-electron chi connectivity index (χ0n) is 20.4. The first kappa shape index (κ1) is 24.3. The average molecular weight is 498 g/mol. The lowest BCUT2D eigenvalue weighted by molar-refractivity contribution is -0.119. The van der Waals surface area contributed by atoms with Gasteiger partial charge in [0.05, 0.1) is 18.4 Å². The predicted octanol–water partition coefficient (Wildman–Crippen LogP) is 4.99. The van der Waals surface area contributed by atoms with Crippen molar-refractivity contribution in [3.63, 3.8) is 0 Å². The van der Waals surface area contributed by atoms with Crippen molar-refractivity contribution in [1.29, 1.82) is 0 Å². The van der Waals surface area contributed by atoms with Gasteiger partial charge in [-0.25, -0.2) is 0 Å². The van der Waals surface area contributed by atoms with Crippen LogP contribution in [-0.4, -0.2) is 21.9 Å². The second-order valence-corrected chi connectivity index (χ2v) is 10.5. The number of thiophene rings is 1. The number of nitrogens with zero attached hydrogens (tertiary/aromatic N) is 2. The SMILES string of the molecule is O=C(CCc1cc2c(s1)CNCC2)Cn1c(-c2ccccc2)cnc(CCCc2ccccc2)c1=O. The maximum Gasteiger partial charge on any atom is 0.273 e. The number of carbonyl (C=O) groups is 1. The topological polar surface area (TPSA) is 64.0 Å². The molecule has 0 spiro atoms. The van der Waals surface area contributed by atoms with Crippen LogP contribution in [0.5, 0.6) is 0 Å². The second-order valence-electron chi connectivity index (χ2n) is 9.31. The molecule has 0 bridgehead atoms. The van der Waals surface area contributed by atoms with Crippen LogP contribution < -0.4 is 10.9 Å². The molecule has 0 amide bonds. The van der Waals surface area contributed by atoms with Gasteiger partial charge in [-0.15, -0.1) is 11.3 Å². The Kier molecular flexibility index (Phi) is 7.84. The van der Waals surface area contributed by atoms with Gasteiger partial charge in [-0.05, 0) is 61.4 Å². The third kappa shape index (κ3) is 5.89. The number of ketones is 1. The Labute approximate surface area is 215 Å². The van der Waals surface area contributed by atoms with Crippen LogP contribution >= 0.6 is 11.3 Å². The number of rotatable bonds is 10. The minimum Gasteiger partial charge on any atom is -0.312 e. The quantitative estimate of drug-likeness (QED) is 0.335. The second kappa shape index (κ2) is 11.6. The Hall–Kier alpha value is -3.35. The van der Waals surface area contributed by atoms with Crippen molar-refractivity contribution in [2.75, 3.05) is 6.54 Å². The summed E-state index contributed by atoms with van der Waals surface area (Å²) in [5.41, 5.74) is 4.62. The van der Waals surface area contributed by atoms with E-state index in [1.54, 1.807) is 22.1 Å². The summed E-state index contributed by atoms with van der Waals surface area (Å²) in [5.74, 6) is 0.0696. The van der Waals surface area contributed by atoms with Crippen molar-refractivity contribution in [2.45, 2.75) is 51.6 Å². The summed E-state index contributed by atoms with van der Waals surface area (Å²) in [6, 6.07) is 22.3. The minimum atomic E-state index is -0.157. The molecule has 0 saturated carbocycles. The highest BCUT2D eigenvalue weighted by Crippen LogP contribution is 2.26. The number of aromatic nitrogens is 2. The molecule has 2 aromatic carbocycles. The number of Topliss-reactive ketones (excluding diaryl/α,β-unsaturated/α-hetero) is 1. The fourth-order valence-corrected chi connectivity index (χ4v) is 5.95. The monoisotopic (exact) mass is 497 g/mol. The maximum atomic E-state index is 13.5. The van der Waals surface area contributed by atoms with Crippen LogP contribution in [0.3, 0.4) is 0 Å². The van der Waals surface area contributed by atoms with E-state index in [-0.39, 0.29) is 17.9 Å². The van der Waals surface area contributed by atoms with Crippen LogP contribution in [0, 0.1) is 0 Å². The molecule has 0 atom stereocenters. The van der Waals surface area contributed by atoms with E-state index < -0.39 is 0 Å². The van der Waals surface area contributed by atoms with Crippen LogP contribution in [0.1, 0.15) is 39.4 Å². The summed E-state index contributed by atoms with van der Waals surface area (Å²) in [4.78, 5) is 33.8. The molecule has 4 aromatic rings. The van der Waals surface area contributed by atoms with Crippen LogP contribution in [-0.2, 0) is 43.6 Å². The molecule has 5 rings (SSSR count). The van der Waals surface area contributed by atoms with Gasteiger partial charge in [0.25, 0.3) is 5.56 Å². The summed E-state index contributed by atoms with van der Waals surface area (Å²) < 4.78 is 1.63. The Morgan fingerprint density at radius 2 is 1.78 bits per heavy atom. The zero-order valence-corrected chi connectivity index (χ0v) is 21.2. The molecule has 0 fully saturated rings. The standard InChI is InChI=1S/C30H31N3O2S/c34-25(14-15-26-18-24-16-17-31-20-29(24)36-26)21-33-28(23-11-5-2-6-12-23)19-32-27(30(33)35)13-7-10-22-8-3-1-4-9-22/h1-6,8-9,11-12,18-19,31H,7,10,13-17,20-21H2. The fraction of sp³-hybridized carbons (Fsp3) is 0.300. The smallest absolute Gasteiger partial charge is 0.273 e. The third-order valence-corrected chi connectivity index (χ3v) is 7.94. The highest BCUT2D eigenvalue weighted by Gasteiger charge is 2.17. The van der Waals surface area contributed by atoms with Gasteiger partial charge < -0.3 is 5.32 Å². The van der Waals surface area contributed by atoms with Crippen molar-refractivity contribution >= 4 is 17.1 Å². The fourth-order valence-electron chi connectivity index (χ4n) is 4.76. The first-order valence-corrected chi connectivity index (χ1v) is 13.5. The van der Waals surface area contributed by atoms with Gasteiger partial charge in [-0.1, -0.05) is 60.7 Å². The number of aryl methyl sites for hydroxylation is 3. The van der Waals surface area contributed by atoms with Crippen LogP contribution in [0.4, 0.5) is 0 Å². The van der Waals surface area contributed by atoms with Gasteiger partial charge in [-0.3, -0.25) is 19.1 Å². The first-order valence-electron chi connectivity index (χ1n) is 12.7. The molecule has 0 saturated heterocycles. The lowest BCUT2D eigenvalue weighted by Gasteiger charge is -2.14. The van der Waals surface area contributed by atoms with E-state index in [0.29, 0.717) is 24.2 Å². The van der Waals surface area contributed by atoms with Crippen molar-refractivity contribution in [3.05, 3.63) is 110 Å². The van der Waals surface area contributed by atoms with E-state index in [9.17, 15) is 9.59 Å². The number of fused-ring (bicyclic) bond motifs is 1. The average Bonchev–Trinajstić information content (AvgIpc) is 3.34. The van der Waals surface area contributed by atoms with Gasteiger partial charge >= 0.3 is 0 Å². The minimum absolute atomic E-state index is 0.0696. The van der Waals surface area contributed by atoms with E-state index in [4.69, 9.17) is 0 Å². The first-order chi connectivity index (χ1) is 17.7. The van der Waals surface area contributed by atoms with Gasteiger partial charge in [0.15, 0.2) is 5.78 Å². The lowest BCUT2D eigenvalue weighted by Crippen LogP contribution is -2.29. The molecule has 2 aromatic heterocycles. The maximum absolute atomic E-state index is 13.5. The van der Waals surface area contributed by atoms with Crippen LogP contribution in [0.2, 0.25) is 0 Å². The molecule has 0 unspecified atom stereocenters.